The molecule has 2 fully saturated rings. The summed E-state index contributed by atoms with van der Waals surface area (Å²) in [6, 6.07) is 17.5. The number of nitrogens with zero attached hydrogens (tertiary/aromatic N) is 6. The van der Waals surface area contributed by atoms with Crippen molar-refractivity contribution in [1.29, 1.82) is 0 Å². The van der Waals surface area contributed by atoms with Crippen molar-refractivity contribution in [1.82, 2.24) is 35.3 Å². The van der Waals surface area contributed by atoms with Crippen LogP contribution in [0.3, 0.4) is 0 Å². The van der Waals surface area contributed by atoms with Crippen molar-refractivity contribution in [3.63, 3.8) is 0 Å². The van der Waals surface area contributed by atoms with E-state index in [4.69, 9.17) is 19.2 Å². The van der Waals surface area contributed by atoms with E-state index < -0.39 is 24.5 Å². The van der Waals surface area contributed by atoms with Crippen molar-refractivity contribution >= 4 is 23.1 Å². The van der Waals surface area contributed by atoms with Crippen molar-refractivity contribution < 1.29 is 39.6 Å². The van der Waals surface area contributed by atoms with Gasteiger partial charge in [-0.05, 0) is 48.4 Å². The van der Waals surface area contributed by atoms with Crippen LogP contribution in [0.15, 0.2) is 71.5 Å². The summed E-state index contributed by atoms with van der Waals surface area (Å²) in [7, 11) is 0. The maximum atomic E-state index is 12.7. The Hall–Kier alpha value is -5.13. The Kier molecular flexibility index (Phi) is 10.1. The summed E-state index contributed by atoms with van der Waals surface area (Å²) in [5, 5.41) is 61.2. The van der Waals surface area contributed by atoms with Gasteiger partial charge in [0.15, 0.2) is 17.6 Å². The molecule has 5 heterocycles. The minimum atomic E-state index is -1.39. The molecular formula is C35H40N8O8. The average Bonchev–Trinajstić information content (AvgIpc) is 3.95. The van der Waals surface area contributed by atoms with Gasteiger partial charge in [0.1, 0.15) is 35.3 Å². The van der Waals surface area contributed by atoms with Gasteiger partial charge in [-0.3, -0.25) is 4.57 Å². The molecule has 7 rings (SSSR count). The molecule has 2 aromatic carbocycles. The normalized spacial score (nSPS) is 22.4. The van der Waals surface area contributed by atoms with E-state index in [1.807, 2.05) is 41.3 Å². The third-order valence-electron chi connectivity index (χ3n) is 9.29. The number of aromatic nitrogens is 5. The van der Waals surface area contributed by atoms with Crippen LogP contribution in [0.4, 0.5) is 10.7 Å². The third kappa shape index (κ3) is 7.50. The predicted octanol–water partition coefficient (Wildman–Crippen LogP) is 1.48. The zero-order valence-corrected chi connectivity index (χ0v) is 27.6. The van der Waals surface area contributed by atoms with E-state index in [0.717, 1.165) is 11.1 Å². The number of phenolic OH excluding ortho intramolecular Hbond substituents is 1. The molecule has 2 saturated heterocycles. The van der Waals surface area contributed by atoms with Gasteiger partial charge in [-0.25, -0.2) is 14.8 Å². The number of carbonyl (C=O) groups excluding carboxylic acids is 1. The van der Waals surface area contributed by atoms with Crippen LogP contribution in [-0.2, 0) is 30.7 Å². The second kappa shape index (κ2) is 15.0. The molecule has 0 aliphatic carbocycles. The van der Waals surface area contributed by atoms with Gasteiger partial charge in [0.25, 0.3) is 0 Å². The number of ether oxygens (including phenoxy) is 1. The molecule has 0 spiro atoms. The summed E-state index contributed by atoms with van der Waals surface area (Å²) in [5.41, 5.74) is 3.51. The van der Waals surface area contributed by atoms with E-state index in [2.05, 4.69) is 20.8 Å². The van der Waals surface area contributed by atoms with E-state index in [-0.39, 0.29) is 55.0 Å². The first-order valence-electron chi connectivity index (χ1n) is 16.8. The fourth-order valence-electron chi connectivity index (χ4n) is 6.66. The Morgan fingerprint density at radius 1 is 1.00 bits per heavy atom. The first-order valence-corrected chi connectivity index (χ1v) is 16.8. The molecule has 3 aromatic heterocycles. The zero-order chi connectivity index (χ0) is 35.5. The Bertz CT molecular complexity index is 1950. The number of nitrogens with one attached hydrogen (secondary N) is 2. The number of hydrogen-bond donors (Lipinski definition) is 7. The number of amides is 2. The lowest BCUT2D eigenvalue weighted by molar-refractivity contribution is -0.0434. The van der Waals surface area contributed by atoms with Crippen LogP contribution in [-0.4, -0.2) is 94.2 Å². The molecular weight excluding hydrogens is 660 g/mol. The van der Waals surface area contributed by atoms with E-state index in [9.17, 15) is 30.3 Å². The number of carbonyl (C=O) groups is 1. The molecule has 2 aliphatic heterocycles. The lowest BCUT2D eigenvalue weighted by atomic mass is 9.95. The number of benzene rings is 2. The number of aliphatic hydroxyl groups excluding tert-OH is 4. The molecule has 7 N–H and O–H groups in total. The van der Waals surface area contributed by atoms with Crippen molar-refractivity contribution in [3.8, 4) is 5.75 Å². The Morgan fingerprint density at radius 2 is 1.82 bits per heavy atom. The number of aliphatic hydroxyl groups is 4. The zero-order valence-electron chi connectivity index (χ0n) is 27.6. The quantitative estimate of drug-likeness (QED) is 0.0981. The summed E-state index contributed by atoms with van der Waals surface area (Å²) in [6.07, 6.45) is -1.83. The van der Waals surface area contributed by atoms with Crippen molar-refractivity contribution in [2.45, 2.75) is 63.0 Å². The average molecular weight is 701 g/mol. The van der Waals surface area contributed by atoms with Crippen LogP contribution >= 0.6 is 0 Å². The number of rotatable bonds is 12. The van der Waals surface area contributed by atoms with Crippen LogP contribution in [0.5, 0.6) is 5.75 Å². The van der Waals surface area contributed by atoms with Gasteiger partial charge in [-0.1, -0.05) is 47.6 Å². The van der Waals surface area contributed by atoms with Gasteiger partial charge in [0.05, 0.1) is 18.6 Å². The smallest absolute Gasteiger partial charge is 0.315 e. The third-order valence-corrected chi connectivity index (χ3v) is 9.29. The Balaban J connectivity index is 1.14. The fourth-order valence-corrected chi connectivity index (χ4v) is 6.66. The number of urea groups is 1. The number of aromatic hydroxyl groups is 1. The van der Waals surface area contributed by atoms with Crippen molar-refractivity contribution in [2.24, 2.45) is 5.92 Å². The standard InChI is InChI=1S/C35H40N8O8/c44-17-22(11-20-5-2-1-3-6-20)13-26-28-32(43(19-37-28)33-30(48)29(47)31(50-33)27-14-24(18-45)41-51-27)40-34(39-26)42-10-9-23(16-42)38-35(49)36-15-21-7-4-8-25(46)12-21/h1-8,12,14,19,22-23,29-31,33,44-48H,9-11,13,15-18H2,(H2,36,38,49)/t22-,23-,29+,30-,31-,33-/m1/s1. The summed E-state index contributed by atoms with van der Waals surface area (Å²) < 4.78 is 12.9. The van der Waals surface area contributed by atoms with Crippen LogP contribution in [0, 0.1) is 5.92 Å². The Labute approximate surface area is 292 Å². The largest absolute Gasteiger partial charge is 0.508 e. The maximum absolute atomic E-state index is 12.7. The number of fused-ring (bicyclic) bond motifs is 1. The van der Waals surface area contributed by atoms with Gasteiger partial charge < -0.3 is 50.3 Å². The first kappa shape index (κ1) is 34.3. The van der Waals surface area contributed by atoms with Gasteiger partial charge in [-0.15, -0.1) is 0 Å². The predicted molar refractivity (Wildman–Crippen MR) is 181 cm³/mol. The highest BCUT2D eigenvalue weighted by molar-refractivity contribution is 5.76. The van der Waals surface area contributed by atoms with Gasteiger partial charge in [-0.2, -0.15) is 4.98 Å². The first-order chi connectivity index (χ1) is 24.8. The molecule has 0 bridgehead atoms. The molecule has 0 saturated carbocycles. The molecule has 5 aromatic rings. The highest BCUT2D eigenvalue weighted by Crippen LogP contribution is 2.40. The Morgan fingerprint density at radius 3 is 2.59 bits per heavy atom. The fraction of sp³-hybridized carbons (Fsp3) is 0.400. The number of hydrogen-bond acceptors (Lipinski definition) is 13. The van der Waals surface area contributed by atoms with Crippen LogP contribution < -0.4 is 15.5 Å². The second-order valence-corrected chi connectivity index (χ2v) is 13.0. The van der Waals surface area contributed by atoms with E-state index in [1.54, 1.807) is 22.8 Å². The van der Waals surface area contributed by atoms with E-state index in [1.165, 1.54) is 12.4 Å². The molecule has 0 radical (unpaired) electrons. The molecule has 0 unspecified atom stereocenters. The SMILES string of the molecule is O=C(NCc1cccc(O)c1)N[C@@H]1CCN(c2nc(C[C@H](CO)Cc3ccccc3)c3ncn([C@@H]4O[C@H](c5cc(CO)no5)[C@@H](O)[C@H]4O)c3n2)C1. The van der Waals surface area contributed by atoms with Crippen molar-refractivity contribution in [2.75, 3.05) is 24.6 Å². The van der Waals surface area contributed by atoms with Crippen molar-refractivity contribution in [3.05, 3.63) is 95.3 Å². The minimum Gasteiger partial charge on any atom is -0.508 e. The maximum Gasteiger partial charge on any atom is 0.315 e. The second-order valence-electron chi connectivity index (χ2n) is 13.0. The molecule has 16 heteroatoms. The summed E-state index contributed by atoms with van der Waals surface area (Å²) in [4.78, 5) is 29.1. The van der Waals surface area contributed by atoms with Gasteiger partial charge in [0.2, 0.25) is 5.95 Å². The number of imidazole rings is 1. The molecule has 16 nitrogen and oxygen atoms in total. The van der Waals surface area contributed by atoms with Crippen LogP contribution in [0.2, 0.25) is 0 Å². The molecule has 51 heavy (non-hydrogen) atoms. The van der Waals surface area contributed by atoms with Crippen LogP contribution in [0.25, 0.3) is 11.2 Å². The minimum absolute atomic E-state index is 0.0881. The summed E-state index contributed by atoms with van der Waals surface area (Å²) in [6.45, 7) is 0.778. The van der Waals surface area contributed by atoms with Crippen LogP contribution in [0.1, 0.15) is 47.0 Å². The molecule has 2 amide bonds. The molecule has 268 valence electrons. The van der Waals surface area contributed by atoms with Gasteiger partial charge >= 0.3 is 6.03 Å². The highest BCUT2D eigenvalue weighted by atomic mass is 16.6. The lowest BCUT2D eigenvalue weighted by Crippen LogP contribution is -2.43. The lowest BCUT2D eigenvalue weighted by Gasteiger charge is -2.21. The highest BCUT2D eigenvalue weighted by Gasteiger charge is 2.47. The van der Waals surface area contributed by atoms with E-state index in [0.29, 0.717) is 55.2 Å². The molecule has 6 atom stereocenters. The number of phenols is 1. The van der Waals surface area contributed by atoms with Gasteiger partial charge in [0, 0.05) is 38.3 Å². The summed E-state index contributed by atoms with van der Waals surface area (Å²) >= 11 is 0. The topological polar surface area (TPSA) is 224 Å². The van der Waals surface area contributed by atoms with E-state index >= 15 is 0 Å². The molecule has 2 aliphatic rings. The monoisotopic (exact) mass is 700 g/mol. The number of anilines is 1. The summed E-state index contributed by atoms with van der Waals surface area (Å²) in [5.74, 6) is 0.480.